The van der Waals surface area contributed by atoms with E-state index < -0.39 is 22.0 Å². The summed E-state index contributed by atoms with van der Waals surface area (Å²) >= 11 is 0. The Balaban J connectivity index is 1.85. The van der Waals surface area contributed by atoms with Gasteiger partial charge in [-0.2, -0.15) is 0 Å². The van der Waals surface area contributed by atoms with Gasteiger partial charge in [0.05, 0.1) is 15.5 Å². The number of carbonyl (C=O) groups excluding carboxylic acids is 1. The maximum Gasteiger partial charge on any atom is 0.353 e. The number of nitro groups is 2. The molecule has 0 aliphatic carbocycles. The van der Waals surface area contributed by atoms with Crippen LogP contribution in [0.1, 0.15) is 11.7 Å². The molecule has 0 saturated carbocycles. The molecular weight excluding hydrogens is 344 g/mol. The van der Waals surface area contributed by atoms with Crippen LogP contribution in [0.5, 0.6) is 0 Å². The number of nitrogens with one attached hydrogen (secondary N) is 2. The number of nitro benzene ring substituents is 2. The van der Waals surface area contributed by atoms with E-state index >= 15 is 0 Å². The molecule has 3 rings (SSSR count). The zero-order valence-electron chi connectivity index (χ0n) is 13.5. The molecule has 2 amide bonds. The van der Waals surface area contributed by atoms with E-state index in [0.717, 1.165) is 0 Å². The molecule has 0 spiro atoms. The van der Waals surface area contributed by atoms with Crippen LogP contribution in [-0.4, -0.2) is 27.9 Å². The van der Waals surface area contributed by atoms with Crippen molar-refractivity contribution in [3.05, 3.63) is 74.3 Å². The second-order valence-corrected chi connectivity index (χ2v) is 5.49. The standard InChI is InChI=1S/C15H14N6O5/c1-18-15(22)19(11-6-8-13(9-7-11)21(25)26)17-14(16-18)10-2-4-12(5-3-10)20(23)24/h2-9,14,16-17H,1H3. The Labute approximate surface area is 147 Å². The van der Waals surface area contributed by atoms with E-state index in [1.165, 1.54) is 53.5 Å². The van der Waals surface area contributed by atoms with Crippen molar-refractivity contribution < 1.29 is 14.6 Å². The molecule has 0 radical (unpaired) electrons. The van der Waals surface area contributed by atoms with Crippen LogP contribution in [0.2, 0.25) is 0 Å². The molecule has 1 heterocycles. The van der Waals surface area contributed by atoms with Crippen LogP contribution in [-0.2, 0) is 0 Å². The first-order valence-corrected chi connectivity index (χ1v) is 7.46. The van der Waals surface area contributed by atoms with Crippen molar-refractivity contribution in [3.8, 4) is 0 Å². The van der Waals surface area contributed by atoms with Crippen molar-refractivity contribution >= 4 is 23.1 Å². The fourth-order valence-electron chi connectivity index (χ4n) is 2.46. The first-order valence-electron chi connectivity index (χ1n) is 7.46. The summed E-state index contributed by atoms with van der Waals surface area (Å²) in [7, 11) is 1.53. The molecule has 26 heavy (non-hydrogen) atoms. The summed E-state index contributed by atoms with van der Waals surface area (Å²) in [4.78, 5) is 32.9. The number of hydrogen-bond donors (Lipinski definition) is 2. The van der Waals surface area contributed by atoms with Crippen molar-refractivity contribution in [2.24, 2.45) is 0 Å². The third-order valence-electron chi connectivity index (χ3n) is 3.82. The van der Waals surface area contributed by atoms with Crippen LogP contribution in [0.3, 0.4) is 0 Å². The van der Waals surface area contributed by atoms with Crippen molar-refractivity contribution in [2.45, 2.75) is 6.17 Å². The van der Waals surface area contributed by atoms with Crippen LogP contribution >= 0.6 is 0 Å². The highest BCUT2D eigenvalue weighted by atomic mass is 16.6. The zero-order chi connectivity index (χ0) is 18.8. The van der Waals surface area contributed by atoms with E-state index in [2.05, 4.69) is 10.9 Å². The highest BCUT2D eigenvalue weighted by Crippen LogP contribution is 2.24. The molecular formula is C15H14N6O5. The highest BCUT2D eigenvalue weighted by molar-refractivity contribution is 5.91. The molecule has 1 aliphatic rings. The average Bonchev–Trinajstić information content (AvgIpc) is 2.64. The molecule has 1 unspecified atom stereocenters. The van der Waals surface area contributed by atoms with Gasteiger partial charge in [0, 0.05) is 31.3 Å². The lowest BCUT2D eigenvalue weighted by molar-refractivity contribution is -0.385. The maximum atomic E-state index is 12.4. The number of urea groups is 1. The minimum Gasteiger partial charge on any atom is -0.259 e. The van der Waals surface area contributed by atoms with E-state index in [4.69, 9.17) is 0 Å². The van der Waals surface area contributed by atoms with Gasteiger partial charge in [-0.25, -0.2) is 20.7 Å². The van der Waals surface area contributed by atoms with Gasteiger partial charge < -0.3 is 0 Å². The molecule has 0 aromatic heterocycles. The van der Waals surface area contributed by atoms with E-state index in [9.17, 15) is 25.0 Å². The number of benzene rings is 2. The Morgan fingerprint density at radius 2 is 1.38 bits per heavy atom. The third-order valence-corrected chi connectivity index (χ3v) is 3.82. The van der Waals surface area contributed by atoms with Crippen LogP contribution in [0, 0.1) is 20.2 Å². The quantitative estimate of drug-likeness (QED) is 0.631. The molecule has 2 aromatic rings. The first-order chi connectivity index (χ1) is 12.4. The number of rotatable bonds is 4. The van der Waals surface area contributed by atoms with Gasteiger partial charge in [-0.15, -0.1) is 0 Å². The minimum atomic E-state index is -0.534. The molecule has 2 aromatic carbocycles. The van der Waals surface area contributed by atoms with E-state index in [1.807, 2.05) is 0 Å². The molecule has 11 nitrogen and oxygen atoms in total. The average molecular weight is 358 g/mol. The zero-order valence-corrected chi connectivity index (χ0v) is 13.5. The first kappa shape index (κ1) is 17.3. The summed E-state index contributed by atoms with van der Waals surface area (Å²) < 4.78 is 0. The molecule has 1 aliphatic heterocycles. The fraction of sp³-hybridized carbons (Fsp3) is 0.133. The summed E-state index contributed by atoms with van der Waals surface area (Å²) in [5.41, 5.74) is 6.83. The predicted molar refractivity (Wildman–Crippen MR) is 90.8 cm³/mol. The van der Waals surface area contributed by atoms with Crippen molar-refractivity contribution in [3.63, 3.8) is 0 Å². The monoisotopic (exact) mass is 358 g/mol. The Morgan fingerprint density at radius 1 is 0.885 bits per heavy atom. The normalized spacial score (nSPS) is 17.3. The maximum absolute atomic E-state index is 12.4. The lowest BCUT2D eigenvalue weighted by atomic mass is 10.1. The summed E-state index contributed by atoms with van der Waals surface area (Å²) in [5, 5.41) is 24.0. The van der Waals surface area contributed by atoms with Crippen LogP contribution in [0.25, 0.3) is 0 Å². The summed E-state index contributed by atoms with van der Waals surface area (Å²) in [5.74, 6) is 0. The summed E-state index contributed by atoms with van der Waals surface area (Å²) in [6.45, 7) is 0. The number of anilines is 1. The number of non-ortho nitro benzene ring substituents is 2. The van der Waals surface area contributed by atoms with Crippen LogP contribution in [0.4, 0.5) is 21.9 Å². The van der Waals surface area contributed by atoms with Gasteiger partial charge >= 0.3 is 6.03 Å². The number of hydrogen-bond acceptors (Lipinski definition) is 7. The van der Waals surface area contributed by atoms with Gasteiger partial charge in [-0.1, -0.05) is 0 Å². The largest absolute Gasteiger partial charge is 0.353 e. The molecule has 1 saturated heterocycles. The molecule has 1 atom stereocenters. The second-order valence-electron chi connectivity index (χ2n) is 5.49. The summed E-state index contributed by atoms with van der Waals surface area (Å²) in [6, 6.07) is 11.0. The lowest BCUT2D eigenvalue weighted by Gasteiger charge is -2.39. The lowest BCUT2D eigenvalue weighted by Crippen LogP contribution is -2.64. The SMILES string of the molecule is CN1NC(c2ccc([N+](=O)[O-])cc2)NN(c2ccc([N+](=O)[O-])cc2)C1=O. The minimum absolute atomic E-state index is 0.0405. The van der Waals surface area contributed by atoms with Crippen LogP contribution in [0.15, 0.2) is 48.5 Å². The number of carbonyl (C=O) groups is 1. The van der Waals surface area contributed by atoms with Crippen molar-refractivity contribution in [2.75, 3.05) is 12.1 Å². The number of nitrogens with zero attached hydrogens (tertiary/aromatic N) is 4. The van der Waals surface area contributed by atoms with Crippen molar-refractivity contribution in [1.82, 2.24) is 15.9 Å². The Kier molecular flexibility index (Phi) is 4.47. The van der Waals surface area contributed by atoms with E-state index in [-0.39, 0.29) is 11.4 Å². The topological polar surface area (TPSA) is 134 Å². The molecule has 1 fully saturated rings. The molecule has 2 N–H and O–H groups in total. The van der Waals surface area contributed by atoms with Gasteiger partial charge in [-0.3, -0.25) is 25.2 Å². The Bertz CT molecular complexity index is 854. The third kappa shape index (κ3) is 3.29. The number of hydrazine groups is 2. The van der Waals surface area contributed by atoms with Gasteiger partial charge in [-0.05, 0) is 29.8 Å². The van der Waals surface area contributed by atoms with Crippen LogP contribution < -0.4 is 15.9 Å². The fourth-order valence-corrected chi connectivity index (χ4v) is 2.46. The van der Waals surface area contributed by atoms with Gasteiger partial charge in [0.1, 0.15) is 6.17 Å². The smallest absolute Gasteiger partial charge is 0.259 e. The molecule has 11 heteroatoms. The Hall–Kier alpha value is -3.57. The van der Waals surface area contributed by atoms with E-state index in [1.54, 1.807) is 12.1 Å². The second kappa shape index (κ2) is 6.74. The van der Waals surface area contributed by atoms with Crippen molar-refractivity contribution in [1.29, 1.82) is 0 Å². The van der Waals surface area contributed by atoms with Gasteiger partial charge in [0.25, 0.3) is 11.4 Å². The van der Waals surface area contributed by atoms with Gasteiger partial charge in [0.2, 0.25) is 0 Å². The number of amides is 2. The summed E-state index contributed by atoms with van der Waals surface area (Å²) in [6.07, 6.45) is -0.534. The molecule has 0 bridgehead atoms. The van der Waals surface area contributed by atoms with E-state index in [0.29, 0.717) is 11.3 Å². The molecule has 134 valence electrons. The highest BCUT2D eigenvalue weighted by Gasteiger charge is 2.31. The predicted octanol–water partition coefficient (Wildman–Crippen LogP) is 2.08. The van der Waals surface area contributed by atoms with Gasteiger partial charge in [0.15, 0.2) is 0 Å². The Morgan fingerprint density at radius 3 is 1.88 bits per heavy atom.